The number of hydrogen-bond acceptors (Lipinski definition) is 2. The molecular formula is C24H20FNO2. The van der Waals surface area contributed by atoms with Crippen molar-refractivity contribution in [1.82, 2.24) is 4.98 Å². The van der Waals surface area contributed by atoms with Gasteiger partial charge in [0.2, 0.25) is 0 Å². The SMILES string of the molecule is COc1cc(OC)c2c(c1)-c1ccc(F)cc1C2c1c(C)[nH]c2ccccc12. The molecule has 1 aliphatic carbocycles. The molecular weight excluding hydrogens is 353 g/mol. The number of para-hydroxylation sites is 1. The molecule has 1 aliphatic rings. The smallest absolute Gasteiger partial charge is 0.127 e. The number of aryl methyl sites for hydroxylation is 1. The quantitative estimate of drug-likeness (QED) is 0.434. The summed E-state index contributed by atoms with van der Waals surface area (Å²) in [5.41, 5.74) is 7.36. The molecule has 4 heteroatoms. The van der Waals surface area contributed by atoms with Gasteiger partial charge < -0.3 is 14.5 Å². The molecule has 1 N–H and O–H groups in total. The summed E-state index contributed by atoms with van der Waals surface area (Å²) in [7, 11) is 3.31. The molecule has 0 saturated carbocycles. The third-order valence-corrected chi connectivity index (χ3v) is 5.71. The van der Waals surface area contributed by atoms with Gasteiger partial charge in [0.25, 0.3) is 0 Å². The number of aromatic amines is 1. The molecule has 0 bridgehead atoms. The van der Waals surface area contributed by atoms with Crippen LogP contribution in [-0.2, 0) is 0 Å². The lowest BCUT2D eigenvalue weighted by Crippen LogP contribution is -2.03. The van der Waals surface area contributed by atoms with Gasteiger partial charge in [-0.15, -0.1) is 0 Å². The number of ether oxygens (including phenoxy) is 2. The minimum Gasteiger partial charge on any atom is -0.497 e. The highest BCUT2D eigenvalue weighted by Crippen LogP contribution is 2.54. The van der Waals surface area contributed by atoms with Crippen LogP contribution in [0.5, 0.6) is 11.5 Å². The summed E-state index contributed by atoms with van der Waals surface area (Å²) in [5, 5.41) is 1.14. The van der Waals surface area contributed by atoms with Crippen molar-refractivity contribution in [2.24, 2.45) is 0 Å². The van der Waals surface area contributed by atoms with Crippen molar-refractivity contribution < 1.29 is 13.9 Å². The summed E-state index contributed by atoms with van der Waals surface area (Å²) in [4.78, 5) is 3.48. The second-order valence-corrected chi connectivity index (χ2v) is 7.16. The third-order valence-electron chi connectivity index (χ3n) is 5.71. The molecule has 4 aromatic rings. The number of halogens is 1. The van der Waals surface area contributed by atoms with Crippen LogP contribution < -0.4 is 9.47 Å². The number of hydrogen-bond donors (Lipinski definition) is 1. The molecule has 0 fully saturated rings. The standard InChI is InChI=1S/C24H20FNO2/c1-13-22(17-6-4-5-7-20(17)26-13)24-18-10-14(25)8-9-16(18)19-11-15(27-2)12-21(28-3)23(19)24/h4-12,24,26H,1-3H3. The van der Waals surface area contributed by atoms with E-state index in [-0.39, 0.29) is 11.7 Å². The van der Waals surface area contributed by atoms with Crippen molar-refractivity contribution in [3.05, 3.63) is 82.8 Å². The number of methoxy groups -OCH3 is 2. The van der Waals surface area contributed by atoms with Crippen LogP contribution in [0.15, 0.2) is 54.6 Å². The van der Waals surface area contributed by atoms with Gasteiger partial charge in [0.05, 0.1) is 14.2 Å². The molecule has 3 nitrogen and oxygen atoms in total. The summed E-state index contributed by atoms with van der Waals surface area (Å²) >= 11 is 0. The molecule has 1 aromatic heterocycles. The Morgan fingerprint density at radius 3 is 2.50 bits per heavy atom. The second-order valence-electron chi connectivity index (χ2n) is 7.16. The van der Waals surface area contributed by atoms with Crippen LogP contribution >= 0.6 is 0 Å². The van der Waals surface area contributed by atoms with E-state index in [2.05, 4.69) is 24.0 Å². The van der Waals surface area contributed by atoms with Gasteiger partial charge in [0.15, 0.2) is 0 Å². The zero-order chi connectivity index (χ0) is 19.4. The maximum Gasteiger partial charge on any atom is 0.127 e. The summed E-state index contributed by atoms with van der Waals surface area (Å²) in [6, 6.07) is 17.2. The Morgan fingerprint density at radius 2 is 1.71 bits per heavy atom. The fourth-order valence-electron chi connectivity index (χ4n) is 4.55. The lowest BCUT2D eigenvalue weighted by atomic mass is 9.87. The normalized spacial score (nSPS) is 14.8. The maximum absolute atomic E-state index is 14.3. The average molecular weight is 373 g/mol. The number of nitrogens with one attached hydrogen (secondary N) is 1. The molecule has 0 saturated heterocycles. The maximum atomic E-state index is 14.3. The number of H-pyrrole nitrogens is 1. The molecule has 0 aliphatic heterocycles. The van der Waals surface area contributed by atoms with Gasteiger partial charge in [-0.2, -0.15) is 0 Å². The number of rotatable bonds is 3. The molecule has 1 heterocycles. The molecule has 0 spiro atoms. The van der Waals surface area contributed by atoms with Gasteiger partial charge in [-0.25, -0.2) is 4.39 Å². The molecule has 3 aromatic carbocycles. The summed E-state index contributed by atoms with van der Waals surface area (Å²) in [6.45, 7) is 2.07. The first-order valence-electron chi connectivity index (χ1n) is 9.25. The molecule has 28 heavy (non-hydrogen) atoms. The predicted molar refractivity (Wildman–Crippen MR) is 109 cm³/mol. The molecule has 140 valence electrons. The van der Waals surface area contributed by atoms with Gasteiger partial charge in [0.1, 0.15) is 17.3 Å². The van der Waals surface area contributed by atoms with E-state index in [1.807, 2.05) is 30.3 Å². The van der Waals surface area contributed by atoms with Gasteiger partial charge in [0, 0.05) is 34.1 Å². The van der Waals surface area contributed by atoms with Crippen molar-refractivity contribution in [2.75, 3.05) is 14.2 Å². The topological polar surface area (TPSA) is 34.2 Å². The minimum absolute atomic E-state index is 0.113. The van der Waals surface area contributed by atoms with E-state index >= 15 is 0 Å². The monoisotopic (exact) mass is 373 g/mol. The Morgan fingerprint density at radius 1 is 0.893 bits per heavy atom. The molecule has 0 amide bonds. The zero-order valence-corrected chi connectivity index (χ0v) is 16.0. The minimum atomic E-state index is -0.236. The van der Waals surface area contributed by atoms with E-state index in [4.69, 9.17) is 9.47 Å². The Labute approximate surface area is 162 Å². The van der Waals surface area contributed by atoms with Crippen LogP contribution in [0.4, 0.5) is 4.39 Å². The number of benzene rings is 3. The van der Waals surface area contributed by atoms with Gasteiger partial charge in [-0.05, 0) is 53.4 Å². The highest BCUT2D eigenvalue weighted by Gasteiger charge is 2.36. The Kier molecular flexibility index (Phi) is 3.69. The molecule has 0 radical (unpaired) electrons. The van der Waals surface area contributed by atoms with Gasteiger partial charge in [-0.3, -0.25) is 0 Å². The van der Waals surface area contributed by atoms with E-state index in [9.17, 15) is 4.39 Å². The fraction of sp³-hybridized carbons (Fsp3) is 0.167. The van der Waals surface area contributed by atoms with Crippen LogP contribution in [0.3, 0.4) is 0 Å². The highest BCUT2D eigenvalue weighted by atomic mass is 19.1. The second kappa shape index (κ2) is 6.13. The van der Waals surface area contributed by atoms with Crippen molar-refractivity contribution in [2.45, 2.75) is 12.8 Å². The number of aromatic nitrogens is 1. The van der Waals surface area contributed by atoms with Crippen LogP contribution in [-0.4, -0.2) is 19.2 Å². The van der Waals surface area contributed by atoms with E-state index < -0.39 is 0 Å². The first-order valence-corrected chi connectivity index (χ1v) is 9.25. The highest BCUT2D eigenvalue weighted by molar-refractivity contribution is 5.91. The van der Waals surface area contributed by atoms with E-state index in [1.54, 1.807) is 20.3 Å². The summed E-state index contributed by atoms with van der Waals surface area (Å²) in [5.74, 6) is 1.13. The number of fused-ring (bicyclic) bond motifs is 4. The van der Waals surface area contributed by atoms with Crippen LogP contribution in [0, 0.1) is 12.7 Å². The van der Waals surface area contributed by atoms with E-state index in [0.717, 1.165) is 55.9 Å². The fourth-order valence-corrected chi connectivity index (χ4v) is 4.55. The Balaban J connectivity index is 1.89. The van der Waals surface area contributed by atoms with Gasteiger partial charge in [-0.1, -0.05) is 24.3 Å². The third kappa shape index (κ3) is 2.27. The zero-order valence-electron chi connectivity index (χ0n) is 16.0. The van der Waals surface area contributed by atoms with Crippen molar-refractivity contribution in [3.8, 4) is 22.6 Å². The molecule has 1 unspecified atom stereocenters. The van der Waals surface area contributed by atoms with E-state index in [0.29, 0.717) is 0 Å². The molecule has 1 atom stereocenters. The van der Waals surface area contributed by atoms with Crippen molar-refractivity contribution in [3.63, 3.8) is 0 Å². The van der Waals surface area contributed by atoms with Gasteiger partial charge >= 0.3 is 0 Å². The lowest BCUT2D eigenvalue weighted by molar-refractivity contribution is 0.391. The first kappa shape index (κ1) is 16.9. The summed E-state index contributed by atoms with van der Waals surface area (Å²) < 4.78 is 25.5. The largest absolute Gasteiger partial charge is 0.497 e. The first-order chi connectivity index (χ1) is 13.6. The average Bonchev–Trinajstić information content (AvgIpc) is 3.20. The predicted octanol–water partition coefficient (Wildman–Crippen LogP) is 5.79. The van der Waals surface area contributed by atoms with Crippen molar-refractivity contribution >= 4 is 10.9 Å². The van der Waals surface area contributed by atoms with Crippen LogP contribution in [0.25, 0.3) is 22.0 Å². The molecule has 5 rings (SSSR count). The van der Waals surface area contributed by atoms with Crippen LogP contribution in [0.2, 0.25) is 0 Å². The Bertz CT molecular complexity index is 1220. The summed E-state index contributed by atoms with van der Waals surface area (Å²) in [6.07, 6.45) is 0. The van der Waals surface area contributed by atoms with Crippen LogP contribution in [0.1, 0.15) is 28.3 Å². The Hall–Kier alpha value is -3.27. The lowest BCUT2D eigenvalue weighted by Gasteiger charge is -2.18. The van der Waals surface area contributed by atoms with E-state index in [1.165, 1.54) is 6.07 Å². The van der Waals surface area contributed by atoms with Crippen molar-refractivity contribution in [1.29, 1.82) is 0 Å².